The Morgan fingerprint density at radius 2 is 1.95 bits per heavy atom. The van der Waals surface area contributed by atoms with Crippen molar-refractivity contribution in [3.63, 3.8) is 0 Å². The number of aryl methyl sites for hydroxylation is 1. The van der Waals surface area contributed by atoms with Crippen molar-refractivity contribution in [2.24, 2.45) is 0 Å². The molecule has 0 radical (unpaired) electrons. The molecule has 20 heavy (non-hydrogen) atoms. The van der Waals surface area contributed by atoms with Crippen LogP contribution in [0.1, 0.15) is 17.5 Å². The lowest BCUT2D eigenvalue weighted by Crippen LogP contribution is -2.26. The highest BCUT2D eigenvalue weighted by atomic mass is 32.1. The van der Waals surface area contributed by atoms with Gasteiger partial charge in [-0.3, -0.25) is 4.79 Å². The fourth-order valence-corrected chi connectivity index (χ4v) is 2.64. The largest absolute Gasteiger partial charge is 0.497 e. The van der Waals surface area contributed by atoms with E-state index in [0.717, 1.165) is 17.7 Å². The van der Waals surface area contributed by atoms with Crippen molar-refractivity contribution in [3.8, 4) is 5.75 Å². The quantitative estimate of drug-likeness (QED) is 0.816. The second-order valence-corrected chi connectivity index (χ2v) is 5.51. The molecule has 2 rings (SSSR count). The molecular weight excluding hydrogens is 270 g/mol. The van der Waals surface area contributed by atoms with Gasteiger partial charge in [-0.05, 0) is 46.5 Å². The standard InChI is InChI=1S/C16H19NO2S/c1-17(11-14-9-10-20-12-14)16(18)8-5-13-3-6-15(19-2)7-4-13/h3-4,6-7,9-10,12H,5,8,11H2,1-2H3. The van der Waals surface area contributed by atoms with E-state index in [1.54, 1.807) is 23.3 Å². The summed E-state index contributed by atoms with van der Waals surface area (Å²) in [6.07, 6.45) is 1.30. The molecule has 1 aromatic heterocycles. The summed E-state index contributed by atoms with van der Waals surface area (Å²) in [6, 6.07) is 9.91. The van der Waals surface area contributed by atoms with Crippen LogP contribution in [0.25, 0.3) is 0 Å². The molecule has 1 aromatic carbocycles. The van der Waals surface area contributed by atoms with Gasteiger partial charge in [0.15, 0.2) is 0 Å². The summed E-state index contributed by atoms with van der Waals surface area (Å²) in [7, 11) is 3.51. The monoisotopic (exact) mass is 289 g/mol. The van der Waals surface area contributed by atoms with Gasteiger partial charge < -0.3 is 9.64 Å². The number of ether oxygens (including phenoxy) is 1. The summed E-state index contributed by atoms with van der Waals surface area (Å²) in [5.74, 6) is 1.02. The molecule has 0 aliphatic heterocycles. The van der Waals surface area contributed by atoms with Crippen molar-refractivity contribution in [1.82, 2.24) is 4.90 Å². The highest BCUT2D eigenvalue weighted by Gasteiger charge is 2.09. The highest BCUT2D eigenvalue weighted by Crippen LogP contribution is 2.14. The lowest BCUT2D eigenvalue weighted by atomic mass is 10.1. The van der Waals surface area contributed by atoms with Gasteiger partial charge in [0.2, 0.25) is 5.91 Å². The molecule has 0 aliphatic rings. The van der Waals surface area contributed by atoms with E-state index in [0.29, 0.717) is 13.0 Å². The number of amides is 1. The topological polar surface area (TPSA) is 29.5 Å². The zero-order valence-electron chi connectivity index (χ0n) is 11.8. The number of carbonyl (C=O) groups excluding carboxylic acids is 1. The van der Waals surface area contributed by atoms with E-state index in [2.05, 4.69) is 11.4 Å². The first-order valence-corrected chi connectivity index (χ1v) is 7.51. The average molecular weight is 289 g/mol. The predicted molar refractivity (Wildman–Crippen MR) is 82.1 cm³/mol. The fraction of sp³-hybridized carbons (Fsp3) is 0.312. The third-order valence-corrected chi connectivity index (χ3v) is 3.94. The zero-order chi connectivity index (χ0) is 14.4. The Hall–Kier alpha value is -1.81. The maximum Gasteiger partial charge on any atom is 0.222 e. The first kappa shape index (κ1) is 14.6. The number of thiophene rings is 1. The molecule has 0 saturated heterocycles. The highest BCUT2D eigenvalue weighted by molar-refractivity contribution is 7.07. The van der Waals surface area contributed by atoms with Crippen molar-refractivity contribution in [1.29, 1.82) is 0 Å². The zero-order valence-corrected chi connectivity index (χ0v) is 12.7. The molecule has 0 saturated carbocycles. The molecule has 0 aliphatic carbocycles. The number of hydrogen-bond donors (Lipinski definition) is 0. The van der Waals surface area contributed by atoms with E-state index >= 15 is 0 Å². The molecule has 106 valence electrons. The molecule has 0 N–H and O–H groups in total. The first-order chi connectivity index (χ1) is 9.69. The summed E-state index contributed by atoms with van der Waals surface area (Å²) < 4.78 is 5.12. The SMILES string of the molecule is COc1ccc(CCC(=O)N(C)Cc2ccsc2)cc1. The van der Waals surface area contributed by atoms with E-state index in [-0.39, 0.29) is 5.91 Å². The molecule has 4 heteroatoms. The first-order valence-electron chi connectivity index (χ1n) is 6.57. The van der Waals surface area contributed by atoms with Crippen LogP contribution in [0.2, 0.25) is 0 Å². The third kappa shape index (κ3) is 4.10. The van der Waals surface area contributed by atoms with Gasteiger partial charge in [-0.25, -0.2) is 0 Å². The van der Waals surface area contributed by atoms with Crippen LogP contribution in [0, 0.1) is 0 Å². The molecule has 0 atom stereocenters. The number of methoxy groups -OCH3 is 1. The number of carbonyl (C=O) groups is 1. The van der Waals surface area contributed by atoms with Crippen LogP contribution >= 0.6 is 11.3 Å². The van der Waals surface area contributed by atoms with Gasteiger partial charge in [0, 0.05) is 20.0 Å². The molecule has 0 unspecified atom stereocenters. The minimum Gasteiger partial charge on any atom is -0.497 e. The average Bonchev–Trinajstić information content (AvgIpc) is 2.98. The van der Waals surface area contributed by atoms with Crippen LogP contribution in [0.3, 0.4) is 0 Å². The third-order valence-electron chi connectivity index (χ3n) is 3.21. The van der Waals surface area contributed by atoms with Gasteiger partial charge in [0.05, 0.1) is 7.11 Å². The number of rotatable bonds is 6. The summed E-state index contributed by atoms with van der Waals surface area (Å²) in [5, 5.41) is 4.11. The maximum atomic E-state index is 12.1. The summed E-state index contributed by atoms with van der Waals surface area (Å²) in [4.78, 5) is 13.9. The van der Waals surface area contributed by atoms with Gasteiger partial charge in [-0.15, -0.1) is 0 Å². The molecule has 3 nitrogen and oxygen atoms in total. The normalized spacial score (nSPS) is 10.3. The second-order valence-electron chi connectivity index (χ2n) is 4.73. The van der Waals surface area contributed by atoms with Gasteiger partial charge in [0.1, 0.15) is 5.75 Å². The Balaban J connectivity index is 1.81. The van der Waals surface area contributed by atoms with Gasteiger partial charge in [0.25, 0.3) is 0 Å². The fourth-order valence-electron chi connectivity index (χ4n) is 1.98. The Kier molecular flexibility index (Phi) is 5.18. The van der Waals surface area contributed by atoms with Gasteiger partial charge in [-0.2, -0.15) is 11.3 Å². The Morgan fingerprint density at radius 3 is 2.55 bits per heavy atom. The van der Waals surface area contributed by atoms with Crippen molar-refractivity contribution in [2.75, 3.05) is 14.2 Å². The molecule has 2 aromatic rings. The van der Waals surface area contributed by atoms with E-state index in [1.807, 2.05) is 36.7 Å². The van der Waals surface area contributed by atoms with Crippen LogP contribution in [0.4, 0.5) is 0 Å². The van der Waals surface area contributed by atoms with E-state index in [9.17, 15) is 4.79 Å². The van der Waals surface area contributed by atoms with Crippen molar-refractivity contribution in [3.05, 3.63) is 52.2 Å². The second kappa shape index (κ2) is 7.10. The molecule has 0 spiro atoms. The molecule has 0 fully saturated rings. The predicted octanol–water partition coefficient (Wildman–Crippen LogP) is 3.35. The Morgan fingerprint density at radius 1 is 1.20 bits per heavy atom. The maximum absolute atomic E-state index is 12.1. The summed E-state index contributed by atoms with van der Waals surface area (Å²) in [6.45, 7) is 0.685. The van der Waals surface area contributed by atoms with Crippen LogP contribution in [0.15, 0.2) is 41.1 Å². The van der Waals surface area contributed by atoms with E-state index < -0.39 is 0 Å². The number of nitrogens with zero attached hydrogens (tertiary/aromatic N) is 1. The minimum absolute atomic E-state index is 0.173. The summed E-state index contributed by atoms with van der Waals surface area (Å²) in [5.41, 5.74) is 2.35. The molecule has 1 amide bonds. The van der Waals surface area contributed by atoms with Crippen LogP contribution in [-0.2, 0) is 17.8 Å². The molecule has 0 bridgehead atoms. The lowest BCUT2D eigenvalue weighted by Gasteiger charge is -2.16. The number of benzene rings is 1. The molecular formula is C16H19NO2S. The van der Waals surface area contributed by atoms with Crippen LogP contribution in [-0.4, -0.2) is 25.0 Å². The van der Waals surface area contributed by atoms with Crippen LogP contribution in [0.5, 0.6) is 5.75 Å². The smallest absolute Gasteiger partial charge is 0.222 e. The summed E-state index contributed by atoms with van der Waals surface area (Å²) >= 11 is 1.66. The Bertz CT molecular complexity index is 534. The van der Waals surface area contributed by atoms with Crippen molar-refractivity contribution < 1.29 is 9.53 Å². The van der Waals surface area contributed by atoms with E-state index in [1.165, 1.54) is 5.56 Å². The minimum atomic E-state index is 0.173. The van der Waals surface area contributed by atoms with Crippen molar-refractivity contribution >= 4 is 17.2 Å². The number of hydrogen-bond acceptors (Lipinski definition) is 3. The van der Waals surface area contributed by atoms with E-state index in [4.69, 9.17) is 4.74 Å². The van der Waals surface area contributed by atoms with Gasteiger partial charge in [-0.1, -0.05) is 12.1 Å². The van der Waals surface area contributed by atoms with Crippen molar-refractivity contribution in [2.45, 2.75) is 19.4 Å². The van der Waals surface area contributed by atoms with Gasteiger partial charge >= 0.3 is 0 Å². The van der Waals surface area contributed by atoms with Crippen LogP contribution < -0.4 is 4.74 Å². The Labute approximate surface area is 123 Å². The molecule has 1 heterocycles. The lowest BCUT2D eigenvalue weighted by molar-refractivity contribution is -0.130.